The predicted molar refractivity (Wildman–Crippen MR) is 74.9 cm³/mol. The number of ether oxygens (including phenoxy) is 1. The first-order chi connectivity index (χ1) is 9.22. The summed E-state index contributed by atoms with van der Waals surface area (Å²) in [4.78, 5) is 22.5. The topological polar surface area (TPSA) is 80.1 Å². The molecule has 0 aliphatic rings. The van der Waals surface area contributed by atoms with E-state index in [0.29, 0.717) is 35.0 Å². The summed E-state index contributed by atoms with van der Waals surface area (Å²) >= 11 is 3.22. The molecule has 0 radical (unpaired) electrons. The molecule has 0 fully saturated rings. The summed E-state index contributed by atoms with van der Waals surface area (Å²) in [5, 5.41) is 8.24. The Labute approximate surface area is 119 Å². The van der Waals surface area contributed by atoms with Crippen LogP contribution in [0.5, 0.6) is 0 Å². The van der Waals surface area contributed by atoms with Crippen molar-refractivity contribution in [1.29, 1.82) is 0 Å². The molecule has 7 heteroatoms. The number of esters is 1. The molecule has 1 aromatic rings. The predicted octanol–water partition coefficient (Wildman–Crippen LogP) is 2.85. The Morgan fingerprint density at radius 3 is 2.95 bits per heavy atom. The van der Waals surface area contributed by atoms with Crippen LogP contribution in [0, 0.1) is 0 Å². The van der Waals surface area contributed by atoms with E-state index < -0.39 is 5.97 Å². The highest BCUT2D eigenvalue weighted by molar-refractivity contribution is 9.09. The Morgan fingerprint density at radius 2 is 2.32 bits per heavy atom. The molecule has 0 heterocycles. The van der Waals surface area contributed by atoms with E-state index in [0.717, 1.165) is 0 Å². The lowest BCUT2D eigenvalue weighted by molar-refractivity contribution is 0.0526. The van der Waals surface area contributed by atoms with Gasteiger partial charge in [-0.3, -0.25) is 10.2 Å². The average Bonchev–Trinajstić information content (AvgIpc) is 2.44. The second-order valence-electron chi connectivity index (χ2n) is 3.41. The summed E-state index contributed by atoms with van der Waals surface area (Å²) in [6.45, 7) is 2.54. The number of halogens is 1. The summed E-state index contributed by atoms with van der Waals surface area (Å²) in [6, 6.07) is 4.60. The zero-order valence-corrected chi connectivity index (χ0v) is 12.0. The molecule has 0 atom stereocenters. The van der Waals surface area contributed by atoms with Gasteiger partial charge in [-0.1, -0.05) is 21.2 Å². The average molecular weight is 328 g/mol. The number of anilines is 1. The van der Waals surface area contributed by atoms with Gasteiger partial charge in [0, 0.05) is 10.9 Å². The Balaban J connectivity index is 2.84. The van der Waals surface area contributed by atoms with Crippen molar-refractivity contribution in [3.63, 3.8) is 0 Å². The lowest BCUT2D eigenvalue weighted by Gasteiger charge is -2.06. The van der Waals surface area contributed by atoms with E-state index in [1.165, 1.54) is 6.07 Å². The van der Waals surface area contributed by atoms with Crippen LogP contribution in [0.25, 0.3) is 0 Å². The third-order valence-corrected chi connectivity index (χ3v) is 2.47. The molecule has 102 valence electrons. The maximum Gasteiger partial charge on any atom is 0.338 e. The van der Waals surface area contributed by atoms with Crippen molar-refractivity contribution in [2.75, 3.05) is 23.9 Å². The van der Waals surface area contributed by atoms with Gasteiger partial charge >= 0.3 is 5.97 Å². The quantitative estimate of drug-likeness (QED) is 0.274. The molecule has 0 spiro atoms. The highest BCUT2D eigenvalue weighted by atomic mass is 79.9. The molecule has 1 rings (SSSR count). The molecule has 1 N–H and O–H groups in total. The van der Waals surface area contributed by atoms with Crippen LogP contribution in [0.1, 0.15) is 27.6 Å². The molecule has 6 nitrogen and oxygen atoms in total. The van der Waals surface area contributed by atoms with Crippen molar-refractivity contribution in [2.24, 2.45) is 10.3 Å². The first-order valence-corrected chi connectivity index (χ1v) is 6.80. The molecule has 0 bridgehead atoms. The van der Waals surface area contributed by atoms with E-state index in [4.69, 9.17) is 4.74 Å². The van der Waals surface area contributed by atoms with Gasteiger partial charge in [0.1, 0.15) is 0 Å². The van der Waals surface area contributed by atoms with Crippen molar-refractivity contribution >= 4 is 33.9 Å². The van der Waals surface area contributed by atoms with Gasteiger partial charge in [0.25, 0.3) is 0 Å². The van der Waals surface area contributed by atoms with Crippen molar-refractivity contribution in [3.05, 3.63) is 29.3 Å². The Hall–Kier alpha value is -1.76. The van der Waals surface area contributed by atoms with Gasteiger partial charge in [-0.25, -0.2) is 4.79 Å². The number of aldehydes is 1. The number of nitrogens with zero attached hydrogens (tertiary/aromatic N) is 2. The van der Waals surface area contributed by atoms with Crippen LogP contribution in [0.3, 0.4) is 0 Å². The molecular weight excluding hydrogens is 314 g/mol. The first kappa shape index (κ1) is 15.3. The smallest absolute Gasteiger partial charge is 0.338 e. The second-order valence-corrected chi connectivity index (χ2v) is 4.20. The van der Waals surface area contributed by atoms with Crippen molar-refractivity contribution < 1.29 is 14.3 Å². The number of rotatable bonds is 7. The van der Waals surface area contributed by atoms with Gasteiger partial charge in [-0.15, -0.1) is 0 Å². The van der Waals surface area contributed by atoms with Gasteiger partial charge in [-0.05, 0) is 25.1 Å². The zero-order chi connectivity index (χ0) is 14.1. The van der Waals surface area contributed by atoms with E-state index in [1.54, 1.807) is 19.1 Å². The second kappa shape index (κ2) is 8.36. The number of benzene rings is 1. The van der Waals surface area contributed by atoms with E-state index in [1.807, 2.05) is 0 Å². The van der Waals surface area contributed by atoms with Gasteiger partial charge < -0.3 is 4.74 Å². The SMILES string of the molecule is CCOC(=O)c1ccc(NN=NCCBr)c(C=O)c1. The third kappa shape index (κ3) is 4.78. The highest BCUT2D eigenvalue weighted by Gasteiger charge is 2.09. The summed E-state index contributed by atoms with van der Waals surface area (Å²) in [7, 11) is 0. The molecular formula is C12H14BrN3O3. The summed E-state index contributed by atoms with van der Waals surface area (Å²) in [6.07, 6.45) is 0.644. The van der Waals surface area contributed by atoms with Crippen LogP contribution in [-0.2, 0) is 4.74 Å². The largest absolute Gasteiger partial charge is 0.462 e. The minimum Gasteiger partial charge on any atom is -0.462 e. The van der Waals surface area contributed by atoms with Crippen LogP contribution in [-0.4, -0.2) is 30.7 Å². The minimum atomic E-state index is -0.460. The molecule has 0 unspecified atom stereocenters. The van der Waals surface area contributed by atoms with E-state index in [2.05, 4.69) is 31.7 Å². The van der Waals surface area contributed by atoms with Crippen LogP contribution in [0.2, 0.25) is 0 Å². The van der Waals surface area contributed by atoms with Gasteiger partial charge in [-0.2, -0.15) is 5.11 Å². The number of alkyl halides is 1. The van der Waals surface area contributed by atoms with Crippen LogP contribution >= 0.6 is 15.9 Å². The van der Waals surface area contributed by atoms with Crippen molar-refractivity contribution in [1.82, 2.24) is 0 Å². The standard InChI is InChI=1S/C12H14BrN3O3/c1-2-19-12(18)9-3-4-11(10(7-9)8-17)15-16-14-6-5-13/h3-4,7-8H,2,5-6H2,1H3,(H,14,15). The maximum atomic E-state index is 11.5. The molecule has 19 heavy (non-hydrogen) atoms. The van der Waals surface area contributed by atoms with Crippen LogP contribution in [0.15, 0.2) is 28.5 Å². The third-order valence-electron chi connectivity index (χ3n) is 2.12. The maximum absolute atomic E-state index is 11.5. The summed E-state index contributed by atoms with van der Waals surface area (Å²) in [5.74, 6) is -0.460. The zero-order valence-electron chi connectivity index (χ0n) is 10.4. The van der Waals surface area contributed by atoms with E-state index in [9.17, 15) is 9.59 Å². The first-order valence-electron chi connectivity index (χ1n) is 5.67. The molecule has 0 aliphatic heterocycles. The molecule has 0 aromatic heterocycles. The molecule has 0 aliphatic carbocycles. The van der Waals surface area contributed by atoms with Crippen LogP contribution in [0.4, 0.5) is 5.69 Å². The Bertz CT molecular complexity index is 477. The van der Waals surface area contributed by atoms with Gasteiger partial charge in [0.2, 0.25) is 0 Å². The fraction of sp³-hybridized carbons (Fsp3) is 0.333. The lowest BCUT2D eigenvalue weighted by atomic mass is 10.1. The van der Waals surface area contributed by atoms with Gasteiger partial charge in [0.15, 0.2) is 6.29 Å². The number of carbonyl (C=O) groups is 2. The molecule has 0 saturated heterocycles. The lowest BCUT2D eigenvalue weighted by Crippen LogP contribution is -2.06. The van der Waals surface area contributed by atoms with Crippen molar-refractivity contribution in [3.8, 4) is 0 Å². The minimum absolute atomic E-state index is 0.288. The fourth-order valence-corrected chi connectivity index (χ4v) is 1.44. The van der Waals surface area contributed by atoms with Crippen LogP contribution < -0.4 is 5.43 Å². The monoisotopic (exact) mass is 327 g/mol. The normalized spacial score (nSPS) is 10.4. The number of hydrogen-bond acceptors (Lipinski definition) is 5. The Kier molecular flexibility index (Phi) is 6.73. The molecule has 1 aromatic carbocycles. The summed E-state index contributed by atoms with van der Waals surface area (Å²) in [5.41, 5.74) is 3.79. The van der Waals surface area contributed by atoms with Gasteiger partial charge in [0.05, 0.1) is 24.4 Å². The van der Waals surface area contributed by atoms with E-state index in [-0.39, 0.29) is 6.61 Å². The fourth-order valence-electron chi connectivity index (χ4n) is 1.28. The Morgan fingerprint density at radius 1 is 1.53 bits per heavy atom. The van der Waals surface area contributed by atoms with E-state index >= 15 is 0 Å². The number of hydrogen-bond donors (Lipinski definition) is 1. The summed E-state index contributed by atoms with van der Waals surface area (Å²) < 4.78 is 4.86. The molecule has 0 amide bonds. The number of carbonyl (C=O) groups excluding carboxylic acids is 2. The number of nitrogens with one attached hydrogen (secondary N) is 1. The highest BCUT2D eigenvalue weighted by Crippen LogP contribution is 2.16. The van der Waals surface area contributed by atoms with Crippen molar-refractivity contribution in [2.45, 2.75) is 6.92 Å². The molecule has 0 saturated carbocycles.